The number of hydrogen-bond donors (Lipinski definition) is 2. The van der Waals surface area contributed by atoms with Crippen LogP contribution >= 0.6 is 12.4 Å². The maximum absolute atomic E-state index is 12.5. The van der Waals surface area contributed by atoms with E-state index in [1.807, 2.05) is 22.9 Å². The minimum Gasteiger partial charge on any atom is -0.317 e. The van der Waals surface area contributed by atoms with Crippen molar-refractivity contribution in [3.63, 3.8) is 0 Å². The van der Waals surface area contributed by atoms with Crippen LogP contribution in [-0.4, -0.2) is 28.5 Å². The number of nitrogens with one attached hydrogen (secondary N) is 2. The van der Waals surface area contributed by atoms with E-state index in [-0.39, 0.29) is 18.3 Å². The Balaban J connectivity index is 0.00000208. The summed E-state index contributed by atoms with van der Waals surface area (Å²) < 4.78 is 1.98. The van der Waals surface area contributed by atoms with Crippen LogP contribution in [0.4, 0.5) is 5.95 Å². The molecule has 1 aromatic heterocycles. The summed E-state index contributed by atoms with van der Waals surface area (Å²) in [6.07, 6.45) is 5.62. The summed E-state index contributed by atoms with van der Waals surface area (Å²) in [5.41, 5.74) is 3.31. The summed E-state index contributed by atoms with van der Waals surface area (Å²) in [4.78, 5) is 16.8. The summed E-state index contributed by atoms with van der Waals surface area (Å²) in [5.74, 6) is 1.02. The normalized spacial score (nSPS) is 13.8. The molecule has 2 N–H and O–H groups in total. The minimum atomic E-state index is -0.0961. The monoisotopic (exact) mass is 348 g/mol. The van der Waals surface area contributed by atoms with E-state index >= 15 is 0 Å². The molecule has 5 nitrogen and oxygen atoms in total. The van der Waals surface area contributed by atoms with Crippen LogP contribution in [0.2, 0.25) is 0 Å². The number of hydrogen-bond acceptors (Lipinski definition) is 3. The van der Waals surface area contributed by atoms with Gasteiger partial charge in [-0.05, 0) is 55.1 Å². The molecule has 2 heterocycles. The van der Waals surface area contributed by atoms with Gasteiger partial charge >= 0.3 is 0 Å². The van der Waals surface area contributed by atoms with E-state index in [2.05, 4.69) is 35.5 Å². The van der Waals surface area contributed by atoms with Crippen LogP contribution in [0.1, 0.15) is 35.3 Å². The number of benzene rings is 1. The van der Waals surface area contributed by atoms with Crippen molar-refractivity contribution in [3.05, 3.63) is 47.3 Å². The van der Waals surface area contributed by atoms with Crippen LogP contribution in [-0.2, 0) is 19.4 Å². The van der Waals surface area contributed by atoms with Crippen molar-refractivity contribution in [2.24, 2.45) is 5.92 Å². The number of rotatable bonds is 4. The van der Waals surface area contributed by atoms with Crippen molar-refractivity contribution in [1.29, 1.82) is 0 Å². The lowest BCUT2D eigenvalue weighted by Gasteiger charge is -2.12. The van der Waals surface area contributed by atoms with Crippen LogP contribution in [0.3, 0.4) is 0 Å². The molecule has 1 aromatic carbocycles. The van der Waals surface area contributed by atoms with Crippen molar-refractivity contribution < 1.29 is 4.79 Å². The topological polar surface area (TPSA) is 59.0 Å². The molecule has 0 saturated heterocycles. The van der Waals surface area contributed by atoms with Crippen molar-refractivity contribution >= 4 is 24.3 Å². The first-order valence-corrected chi connectivity index (χ1v) is 8.28. The van der Waals surface area contributed by atoms with Gasteiger partial charge in [-0.15, -0.1) is 12.4 Å². The predicted molar refractivity (Wildman–Crippen MR) is 99.0 cm³/mol. The van der Waals surface area contributed by atoms with Gasteiger partial charge in [0.25, 0.3) is 5.91 Å². The average Bonchev–Trinajstić information content (AvgIpc) is 2.81. The number of amides is 1. The highest BCUT2D eigenvalue weighted by molar-refractivity contribution is 6.03. The number of aromatic nitrogens is 2. The van der Waals surface area contributed by atoms with Crippen molar-refractivity contribution in [2.45, 2.75) is 33.2 Å². The summed E-state index contributed by atoms with van der Waals surface area (Å²) in [7, 11) is 0. The molecule has 130 valence electrons. The minimum absolute atomic E-state index is 0. The molecule has 0 unspecified atom stereocenters. The van der Waals surface area contributed by atoms with Gasteiger partial charge in [-0.3, -0.25) is 10.1 Å². The largest absolute Gasteiger partial charge is 0.317 e. The third kappa shape index (κ3) is 4.36. The van der Waals surface area contributed by atoms with Gasteiger partial charge in [0, 0.05) is 24.5 Å². The van der Waals surface area contributed by atoms with Crippen molar-refractivity contribution in [3.8, 4) is 0 Å². The summed E-state index contributed by atoms with van der Waals surface area (Å²) in [5, 5.41) is 6.32. The van der Waals surface area contributed by atoms with Gasteiger partial charge in [0.15, 0.2) is 0 Å². The highest BCUT2D eigenvalue weighted by atomic mass is 35.5. The number of carbonyl (C=O) groups is 1. The zero-order valence-electron chi connectivity index (χ0n) is 14.2. The lowest BCUT2D eigenvalue weighted by atomic mass is 10.00. The van der Waals surface area contributed by atoms with Gasteiger partial charge in [0.05, 0.1) is 0 Å². The van der Waals surface area contributed by atoms with Gasteiger partial charge < -0.3 is 9.88 Å². The Morgan fingerprint density at radius 3 is 2.79 bits per heavy atom. The maximum atomic E-state index is 12.5. The molecule has 0 radical (unpaired) electrons. The molecule has 0 aliphatic carbocycles. The van der Waals surface area contributed by atoms with Crippen LogP contribution in [0.5, 0.6) is 0 Å². The molecule has 2 aromatic rings. The molecular weight excluding hydrogens is 324 g/mol. The number of fused-ring (bicyclic) bond motifs is 1. The second-order valence-electron chi connectivity index (χ2n) is 6.48. The zero-order valence-corrected chi connectivity index (χ0v) is 15.0. The van der Waals surface area contributed by atoms with E-state index in [0.29, 0.717) is 17.4 Å². The van der Waals surface area contributed by atoms with E-state index in [1.54, 1.807) is 6.20 Å². The molecule has 0 saturated carbocycles. The third-order valence-electron chi connectivity index (χ3n) is 4.11. The standard InChI is InChI=1S/C18H24N4O.ClH/c1-13(2)12-22-10-9-20-18(22)21-17(23)16-4-3-14-5-7-19-8-6-15(14)11-16;/h3-4,9-11,13,19H,5-8,12H2,1-2H3,(H,20,21,23);1H. The molecule has 0 atom stereocenters. The molecule has 0 bridgehead atoms. The fourth-order valence-electron chi connectivity index (χ4n) is 2.96. The number of halogens is 1. The first-order valence-electron chi connectivity index (χ1n) is 8.28. The molecule has 1 amide bonds. The number of anilines is 1. The Labute approximate surface area is 149 Å². The summed E-state index contributed by atoms with van der Waals surface area (Å²) in [6.45, 7) is 7.10. The smallest absolute Gasteiger partial charge is 0.257 e. The van der Waals surface area contributed by atoms with Gasteiger partial charge in [0.1, 0.15) is 0 Å². The lowest BCUT2D eigenvalue weighted by molar-refractivity contribution is 0.102. The molecule has 1 aliphatic rings. The Morgan fingerprint density at radius 2 is 2.04 bits per heavy atom. The number of nitrogens with zero attached hydrogens (tertiary/aromatic N) is 2. The SMILES string of the molecule is CC(C)Cn1ccnc1NC(=O)c1ccc2c(c1)CCNCC2.Cl. The van der Waals surface area contributed by atoms with Gasteiger partial charge in [-0.1, -0.05) is 19.9 Å². The Kier molecular flexibility index (Phi) is 6.40. The molecule has 0 fully saturated rings. The first kappa shape index (κ1) is 18.5. The van der Waals surface area contributed by atoms with Crippen LogP contribution in [0, 0.1) is 5.92 Å². The predicted octanol–water partition coefficient (Wildman–Crippen LogP) is 2.90. The first-order chi connectivity index (χ1) is 11.1. The fraction of sp³-hybridized carbons (Fsp3) is 0.444. The Morgan fingerprint density at radius 1 is 1.29 bits per heavy atom. The number of carbonyl (C=O) groups excluding carboxylic acids is 1. The van der Waals surface area contributed by atoms with E-state index < -0.39 is 0 Å². The second-order valence-corrected chi connectivity index (χ2v) is 6.48. The summed E-state index contributed by atoms with van der Waals surface area (Å²) in [6, 6.07) is 6.01. The van der Waals surface area contributed by atoms with Crippen molar-refractivity contribution in [1.82, 2.24) is 14.9 Å². The van der Waals surface area contributed by atoms with Gasteiger partial charge in [0.2, 0.25) is 5.95 Å². The zero-order chi connectivity index (χ0) is 16.2. The third-order valence-corrected chi connectivity index (χ3v) is 4.11. The Hall–Kier alpha value is -1.85. The molecule has 1 aliphatic heterocycles. The van der Waals surface area contributed by atoms with Crippen molar-refractivity contribution in [2.75, 3.05) is 18.4 Å². The van der Waals surface area contributed by atoms with Gasteiger partial charge in [-0.25, -0.2) is 4.98 Å². The average molecular weight is 349 g/mol. The Bertz CT molecular complexity index is 696. The highest BCUT2D eigenvalue weighted by Crippen LogP contribution is 2.17. The summed E-state index contributed by atoms with van der Waals surface area (Å²) >= 11 is 0. The van der Waals surface area contributed by atoms with Crippen LogP contribution in [0.25, 0.3) is 0 Å². The second kappa shape index (κ2) is 8.31. The molecule has 3 rings (SSSR count). The quantitative estimate of drug-likeness (QED) is 0.893. The number of imidazole rings is 1. The lowest BCUT2D eigenvalue weighted by Crippen LogP contribution is -2.17. The van der Waals surface area contributed by atoms with E-state index in [4.69, 9.17) is 0 Å². The van der Waals surface area contributed by atoms with E-state index in [0.717, 1.165) is 32.5 Å². The fourth-order valence-corrected chi connectivity index (χ4v) is 2.96. The van der Waals surface area contributed by atoms with E-state index in [9.17, 15) is 4.79 Å². The highest BCUT2D eigenvalue weighted by Gasteiger charge is 2.14. The molecule has 6 heteroatoms. The van der Waals surface area contributed by atoms with E-state index in [1.165, 1.54) is 11.1 Å². The molecule has 0 spiro atoms. The maximum Gasteiger partial charge on any atom is 0.257 e. The van der Waals surface area contributed by atoms with Crippen LogP contribution in [0.15, 0.2) is 30.6 Å². The molecule has 24 heavy (non-hydrogen) atoms. The van der Waals surface area contributed by atoms with Gasteiger partial charge in [-0.2, -0.15) is 0 Å². The van der Waals surface area contributed by atoms with Crippen LogP contribution < -0.4 is 10.6 Å². The molecular formula is C18H25ClN4O.